The van der Waals surface area contributed by atoms with Crippen molar-refractivity contribution >= 4 is 0 Å². The van der Waals surface area contributed by atoms with Gasteiger partial charge in [0, 0.05) is 31.6 Å². The zero-order valence-electron chi connectivity index (χ0n) is 15.1. The lowest BCUT2D eigenvalue weighted by Crippen LogP contribution is -2.35. The van der Waals surface area contributed by atoms with Crippen LogP contribution in [-0.4, -0.2) is 31.6 Å². The van der Waals surface area contributed by atoms with Gasteiger partial charge < -0.3 is 4.98 Å². The van der Waals surface area contributed by atoms with Gasteiger partial charge in [0.05, 0.1) is 28.7 Å². The number of benzene rings is 1. The minimum absolute atomic E-state index is 0.123. The predicted octanol–water partition coefficient (Wildman–Crippen LogP) is 3.05. The van der Waals surface area contributed by atoms with Crippen LogP contribution in [0.1, 0.15) is 28.2 Å². The zero-order valence-corrected chi connectivity index (χ0v) is 15.1. The van der Waals surface area contributed by atoms with Crippen molar-refractivity contribution in [1.82, 2.24) is 25.1 Å². The Bertz CT molecular complexity index is 1050. The molecular formula is C19H18F3N5O. The number of aromatic amines is 2. The van der Waals surface area contributed by atoms with Crippen molar-refractivity contribution < 1.29 is 13.2 Å². The molecule has 2 aromatic heterocycles. The van der Waals surface area contributed by atoms with Crippen LogP contribution in [0, 0.1) is 6.92 Å². The summed E-state index contributed by atoms with van der Waals surface area (Å²) in [6, 6.07) is 4.99. The highest BCUT2D eigenvalue weighted by Crippen LogP contribution is 2.31. The minimum atomic E-state index is -4.37. The third kappa shape index (κ3) is 3.57. The molecule has 28 heavy (non-hydrogen) atoms. The zero-order chi connectivity index (χ0) is 19.9. The summed E-state index contributed by atoms with van der Waals surface area (Å²) < 4.78 is 38.3. The lowest BCUT2D eigenvalue weighted by Gasteiger charge is -2.27. The number of alkyl halides is 3. The van der Waals surface area contributed by atoms with Gasteiger partial charge in [-0.2, -0.15) is 18.3 Å². The average Bonchev–Trinajstić information content (AvgIpc) is 3.09. The molecule has 0 saturated heterocycles. The standard InChI is InChI=1S/C19H18F3N5O/c1-11-24-16-6-7-27(10-15(16)18(28)25-11)9-13-8-23-26-17(13)12-2-4-14(5-3-12)19(20,21)22/h2-5,8H,6-7,9-10H2,1H3,(H,23,26)(H,24,25,28). The fourth-order valence-corrected chi connectivity index (χ4v) is 3.49. The number of aryl methyl sites for hydroxylation is 1. The van der Waals surface area contributed by atoms with Gasteiger partial charge in [-0.15, -0.1) is 0 Å². The Hall–Kier alpha value is -2.94. The molecular weight excluding hydrogens is 371 g/mol. The van der Waals surface area contributed by atoms with E-state index < -0.39 is 11.7 Å². The first-order valence-corrected chi connectivity index (χ1v) is 8.82. The van der Waals surface area contributed by atoms with Crippen molar-refractivity contribution in [2.45, 2.75) is 32.6 Å². The van der Waals surface area contributed by atoms with Gasteiger partial charge in [-0.05, 0) is 24.6 Å². The highest BCUT2D eigenvalue weighted by Gasteiger charge is 2.30. The van der Waals surface area contributed by atoms with Crippen molar-refractivity contribution in [3.05, 3.63) is 69.0 Å². The molecule has 1 aromatic carbocycles. The van der Waals surface area contributed by atoms with E-state index in [1.165, 1.54) is 12.1 Å². The molecule has 2 N–H and O–H groups in total. The van der Waals surface area contributed by atoms with Crippen molar-refractivity contribution in [2.24, 2.45) is 0 Å². The lowest BCUT2D eigenvalue weighted by atomic mass is 10.0. The normalized spacial score (nSPS) is 14.9. The van der Waals surface area contributed by atoms with Crippen LogP contribution in [-0.2, 0) is 25.7 Å². The van der Waals surface area contributed by atoms with Gasteiger partial charge in [-0.25, -0.2) is 4.98 Å². The van der Waals surface area contributed by atoms with Crippen molar-refractivity contribution in [1.29, 1.82) is 0 Å². The topological polar surface area (TPSA) is 77.7 Å². The molecule has 0 atom stereocenters. The molecule has 6 nitrogen and oxygen atoms in total. The Morgan fingerprint density at radius 3 is 2.68 bits per heavy atom. The van der Waals surface area contributed by atoms with Crippen molar-refractivity contribution in [3.8, 4) is 11.3 Å². The summed E-state index contributed by atoms with van der Waals surface area (Å²) in [6.45, 7) is 3.49. The number of nitrogens with one attached hydrogen (secondary N) is 2. The molecule has 1 aliphatic heterocycles. The number of hydrogen-bond acceptors (Lipinski definition) is 4. The molecule has 0 bridgehead atoms. The summed E-state index contributed by atoms with van der Waals surface area (Å²) in [5, 5.41) is 6.92. The maximum absolute atomic E-state index is 12.8. The van der Waals surface area contributed by atoms with Crippen LogP contribution >= 0.6 is 0 Å². The highest BCUT2D eigenvalue weighted by molar-refractivity contribution is 5.63. The number of fused-ring (bicyclic) bond motifs is 1. The monoisotopic (exact) mass is 389 g/mol. The van der Waals surface area contributed by atoms with E-state index >= 15 is 0 Å². The van der Waals surface area contributed by atoms with E-state index in [1.807, 2.05) is 0 Å². The van der Waals surface area contributed by atoms with Crippen LogP contribution in [0.3, 0.4) is 0 Å². The van der Waals surface area contributed by atoms with Crippen LogP contribution in [0.15, 0.2) is 35.3 Å². The van der Waals surface area contributed by atoms with Crippen LogP contribution in [0.2, 0.25) is 0 Å². The number of halogens is 3. The van der Waals surface area contributed by atoms with Gasteiger partial charge in [0.15, 0.2) is 0 Å². The Morgan fingerprint density at radius 2 is 1.96 bits per heavy atom. The molecule has 3 heterocycles. The van der Waals surface area contributed by atoms with E-state index in [0.717, 1.165) is 29.9 Å². The van der Waals surface area contributed by atoms with E-state index in [9.17, 15) is 18.0 Å². The third-order valence-electron chi connectivity index (χ3n) is 4.88. The Morgan fingerprint density at radius 1 is 1.21 bits per heavy atom. The highest BCUT2D eigenvalue weighted by atomic mass is 19.4. The largest absolute Gasteiger partial charge is 0.416 e. The van der Waals surface area contributed by atoms with Gasteiger partial charge in [-0.3, -0.25) is 14.8 Å². The summed E-state index contributed by atoms with van der Waals surface area (Å²) in [7, 11) is 0. The second-order valence-corrected chi connectivity index (χ2v) is 6.88. The van der Waals surface area contributed by atoms with E-state index in [4.69, 9.17) is 0 Å². The Kier molecular flexibility index (Phi) is 4.54. The SMILES string of the molecule is Cc1nc2c(c(=O)[nH]1)CN(Cc1cn[nH]c1-c1ccc(C(F)(F)F)cc1)CC2. The van der Waals surface area contributed by atoms with Crippen LogP contribution in [0.25, 0.3) is 11.3 Å². The van der Waals surface area contributed by atoms with Gasteiger partial charge in [0.1, 0.15) is 5.82 Å². The van der Waals surface area contributed by atoms with E-state index in [2.05, 4.69) is 25.1 Å². The molecule has 0 saturated carbocycles. The number of rotatable bonds is 3. The summed E-state index contributed by atoms with van der Waals surface area (Å²) in [5.74, 6) is 0.608. The minimum Gasteiger partial charge on any atom is -0.310 e. The summed E-state index contributed by atoms with van der Waals surface area (Å²) in [4.78, 5) is 21.4. The fraction of sp³-hybridized carbons (Fsp3) is 0.316. The maximum atomic E-state index is 12.8. The molecule has 3 aromatic rings. The van der Waals surface area contributed by atoms with Crippen molar-refractivity contribution in [3.63, 3.8) is 0 Å². The second-order valence-electron chi connectivity index (χ2n) is 6.88. The molecule has 9 heteroatoms. The molecule has 146 valence electrons. The fourth-order valence-electron chi connectivity index (χ4n) is 3.49. The molecule has 0 aliphatic carbocycles. The van der Waals surface area contributed by atoms with Gasteiger partial charge in [-0.1, -0.05) is 12.1 Å². The Balaban J connectivity index is 1.55. The second kappa shape index (κ2) is 6.90. The number of hydrogen-bond donors (Lipinski definition) is 2. The molecule has 0 radical (unpaired) electrons. The van der Waals surface area contributed by atoms with Crippen molar-refractivity contribution in [2.75, 3.05) is 6.54 Å². The summed E-state index contributed by atoms with van der Waals surface area (Å²) in [6.07, 6.45) is -2.02. The first-order valence-electron chi connectivity index (χ1n) is 8.82. The smallest absolute Gasteiger partial charge is 0.310 e. The lowest BCUT2D eigenvalue weighted by molar-refractivity contribution is -0.137. The van der Waals surface area contributed by atoms with Crippen LogP contribution in [0.5, 0.6) is 0 Å². The number of aromatic nitrogens is 4. The third-order valence-corrected chi connectivity index (χ3v) is 4.88. The average molecular weight is 389 g/mol. The van der Waals surface area contributed by atoms with Gasteiger partial charge in [0.25, 0.3) is 5.56 Å². The number of H-pyrrole nitrogens is 2. The first-order chi connectivity index (χ1) is 13.3. The van der Waals surface area contributed by atoms with E-state index in [1.54, 1.807) is 13.1 Å². The molecule has 0 unspecified atom stereocenters. The molecule has 0 fully saturated rings. The summed E-state index contributed by atoms with van der Waals surface area (Å²) >= 11 is 0. The maximum Gasteiger partial charge on any atom is 0.416 e. The quantitative estimate of drug-likeness (QED) is 0.722. The molecule has 0 spiro atoms. The predicted molar refractivity (Wildman–Crippen MR) is 96.4 cm³/mol. The van der Waals surface area contributed by atoms with Gasteiger partial charge >= 0.3 is 6.18 Å². The van der Waals surface area contributed by atoms with E-state index in [0.29, 0.717) is 42.2 Å². The first kappa shape index (κ1) is 18.4. The number of nitrogens with zero attached hydrogens (tertiary/aromatic N) is 3. The molecule has 1 aliphatic rings. The Labute approximate surface area is 158 Å². The van der Waals surface area contributed by atoms with Crippen LogP contribution in [0.4, 0.5) is 13.2 Å². The summed E-state index contributed by atoms with van der Waals surface area (Å²) in [5.41, 5.74) is 2.85. The van der Waals surface area contributed by atoms with Gasteiger partial charge in [0.2, 0.25) is 0 Å². The molecule has 4 rings (SSSR count). The van der Waals surface area contributed by atoms with E-state index in [-0.39, 0.29) is 5.56 Å². The van der Waals surface area contributed by atoms with Crippen LogP contribution < -0.4 is 5.56 Å². The molecule has 0 amide bonds.